The van der Waals surface area contributed by atoms with Crippen LogP contribution < -0.4 is 5.32 Å². The van der Waals surface area contributed by atoms with Gasteiger partial charge in [-0.1, -0.05) is 67.4 Å². The van der Waals surface area contributed by atoms with Crippen LogP contribution in [0, 0.1) is 5.41 Å². The van der Waals surface area contributed by atoms with Gasteiger partial charge in [-0.25, -0.2) is 9.59 Å². The zero-order chi connectivity index (χ0) is 25.5. The summed E-state index contributed by atoms with van der Waals surface area (Å²) in [6.45, 7) is 2.43. The van der Waals surface area contributed by atoms with Crippen molar-refractivity contribution < 1.29 is 24.2 Å². The Morgan fingerprint density at radius 1 is 1.09 bits per heavy atom. The molecule has 2 aromatic carbocycles. The average molecular weight is 496 g/mol. The number of hydrogen-bond acceptors (Lipinski definition) is 5. The van der Waals surface area contributed by atoms with E-state index in [4.69, 9.17) is 17.0 Å². The molecule has 9 heteroatoms. The van der Waals surface area contributed by atoms with Gasteiger partial charge in [-0.15, -0.1) is 0 Å². The van der Waals surface area contributed by atoms with E-state index in [2.05, 4.69) is 17.0 Å². The van der Waals surface area contributed by atoms with Crippen LogP contribution in [0.4, 0.5) is 4.79 Å². The SMILES string of the molecule is CCCCc1cc(Cl)c(C(=N)NC(=O)OC)n1Cc1ccc(C(=O)c2ccccc2C(=O)O)cc1. The van der Waals surface area contributed by atoms with Gasteiger partial charge in [0.2, 0.25) is 0 Å². The largest absolute Gasteiger partial charge is 0.478 e. The second kappa shape index (κ2) is 11.5. The maximum atomic E-state index is 12.9. The van der Waals surface area contributed by atoms with Crippen molar-refractivity contribution in [3.63, 3.8) is 0 Å². The third-order valence-electron chi connectivity index (χ3n) is 5.53. The lowest BCUT2D eigenvalue weighted by atomic mass is 9.97. The zero-order valence-corrected chi connectivity index (χ0v) is 20.2. The summed E-state index contributed by atoms with van der Waals surface area (Å²) in [6.07, 6.45) is 1.88. The van der Waals surface area contributed by atoms with Crippen molar-refractivity contribution in [2.75, 3.05) is 7.11 Å². The number of unbranched alkanes of at least 4 members (excludes halogenated alkanes) is 1. The quantitative estimate of drug-likeness (QED) is 0.215. The Morgan fingerprint density at radius 2 is 1.74 bits per heavy atom. The lowest BCUT2D eigenvalue weighted by Gasteiger charge is -2.15. The molecule has 0 unspecified atom stereocenters. The predicted octanol–water partition coefficient (Wildman–Crippen LogP) is 5.14. The number of hydrogen-bond donors (Lipinski definition) is 3. The fourth-order valence-electron chi connectivity index (χ4n) is 3.74. The highest BCUT2D eigenvalue weighted by Gasteiger charge is 2.21. The zero-order valence-electron chi connectivity index (χ0n) is 19.4. The summed E-state index contributed by atoms with van der Waals surface area (Å²) in [4.78, 5) is 36.0. The van der Waals surface area contributed by atoms with E-state index in [1.165, 1.54) is 19.2 Å². The number of rotatable bonds is 9. The van der Waals surface area contributed by atoms with Crippen molar-refractivity contribution in [2.45, 2.75) is 32.7 Å². The summed E-state index contributed by atoms with van der Waals surface area (Å²) in [6, 6.07) is 14.7. The van der Waals surface area contributed by atoms with E-state index >= 15 is 0 Å². The van der Waals surface area contributed by atoms with Crippen LogP contribution in [-0.4, -0.2) is 40.5 Å². The second-order valence-electron chi connectivity index (χ2n) is 7.89. The average Bonchev–Trinajstić information content (AvgIpc) is 3.16. The number of halogens is 1. The van der Waals surface area contributed by atoms with Crippen molar-refractivity contribution in [1.29, 1.82) is 5.41 Å². The number of alkyl carbamates (subject to hydrolysis) is 1. The molecule has 182 valence electrons. The van der Waals surface area contributed by atoms with Crippen LogP contribution in [0.1, 0.15) is 63.0 Å². The highest BCUT2D eigenvalue weighted by Crippen LogP contribution is 2.25. The number of aromatic carboxylic acids is 1. The van der Waals surface area contributed by atoms with Crippen molar-refractivity contribution in [3.05, 3.63) is 93.3 Å². The number of nitrogens with zero attached hydrogens (tertiary/aromatic N) is 1. The molecule has 35 heavy (non-hydrogen) atoms. The molecule has 0 fully saturated rings. The van der Waals surface area contributed by atoms with E-state index in [-0.39, 0.29) is 22.7 Å². The summed E-state index contributed by atoms with van der Waals surface area (Å²) in [5.74, 6) is -1.72. The maximum absolute atomic E-state index is 12.9. The van der Waals surface area contributed by atoms with Crippen LogP contribution in [0.2, 0.25) is 5.02 Å². The van der Waals surface area contributed by atoms with Crippen molar-refractivity contribution in [1.82, 2.24) is 9.88 Å². The maximum Gasteiger partial charge on any atom is 0.412 e. The number of ether oxygens (including phenoxy) is 1. The first-order chi connectivity index (χ1) is 16.8. The molecule has 0 radical (unpaired) electrons. The van der Waals surface area contributed by atoms with E-state index in [1.807, 2.05) is 4.57 Å². The Labute approximate surface area is 208 Å². The molecule has 0 aliphatic rings. The van der Waals surface area contributed by atoms with Gasteiger partial charge in [-0.05, 0) is 30.5 Å². The normalized spacial score (nSPS) is 10.6. The number of aromatic nitrogens is 1. The van der Waals surface area contributed by atoms with E-state index in [0.29, 0.717) is 22.8 Å². The molecule has 0 saturated heterocycles. The molecule has 0 saturated carbocycles. The van der Waals surface area contributed by atoms with Gasteiger partial charge in [0.1, 0.15) is 5.69 Å². The lowest BCUT2D eigenvalue weighted by Crippen LogP contribution is -2.32. The van der Waals surface area contributed by atoms with Gasteiger partial charge in [-0.3, -0.25) is 15.5 Å². The van der Waals surface area contributed by atoms with Crippen LogP contribution in [0.25, 0.3) is 0 Å². The minimum absolute atomic E-state index is 0.0506. The molecule has 1 heterocycles. The van der Waals surface area contributed by atoms with Crippen LogP contribution in [-0.2, 0) is 17.7 Å². The molecule has 0 atom stereocenters. The number of benzene rings is 2. The topological polar surface area (TPSA) is 121 Å². The van der Waals surface area contributed by atoms with E-state index < -0.39 is 12.1 Å². The molecule has 0 spiro atoms. The Morgan fingerprint density at radius 3 is 2.34 bits per heavy atom. The van der Waals surface area contributed by atoms with Gasteiger partial charge in [0.05, 0.1) is 17.7 Å². The Bertz CT molecular complexity index is 1260. The van der Waals surface area contributed by atoms with E-state index in [9.17, 15) is 19.5 Å². The molecule has 0 aliphatic heterocycles. The predicted molar refractivity (Wildman–Crippen MR) is 133 cm³/mol. The van der Waals surface area contributed by atoms with Crippen LogP contribution in [0.3, 0.4) is 0 Å². The summed E-state index contributed by atoms with van der Waals surface area (Å²) in [5, 5.41) is 20.4. The van der Waals surface area contributed by atoms with Crippen LogP contribution in [0.15, 0.2) is 54.6 Å². The monoisotopic (exact) mass is 495 g/mol. The number of aryl methyl sites for hydroxylation is 1. The Balaban J connectivity index is 1.91. The number of carboxylic acids is 1. The Kier molecular flexibility index (Phi) is 8.43. The molecular weight excluding hydrogens is 470 g/mol. The molecule has 3 rings (SSSR count). The number of nitrogens with one attached hydrogen (secondary N) is 2. The molecule has 3 aromatic rings. The minimum Gasteiger partial charge on any atom is -0.478 e. The van der Waals surface area contributed by atoms with Crippen LogP contribution >= 0.6 is 11.6 Å². The summed E-state index contributed by atoms with van der Waals surface area (Å²) in [5.41, 5.74) is 2.55. The van der Waals surface area contributed by atoms with Gasteiger partial charge in [0.25, 0.3) is 0 Å². The van der Waals surface area contributed by atoms with Gasteiger partial charge in [-0.2, -0.15) is 0 Å². The van der Waals surface area contributed by atoms with Gasteiger partial charge < -0.3 is 14.4 Å². The first-order valence-corrected chi connectivity index (χ1v) is 11.4. The molecule has 8 nitrogen and oxygen atoms in total. The smallest absolute Gasteiger partial charge is 0.412 e. The molecular formula is C26H26ClN3O5. The highest BCUT2D eigenvalue weighted by atomic mass is 35.5. The number of carboxylic acid groups (broad SMARTS) is 1. The van der Waals surface area contributed by atoms with Gasteiger partial charge in [0.15, 0.2) is 11.6 Å². The summed E-state index contributed by atoms with van der Waals surface area (Å²) < 4.78 is 6.46. The number of ketones is 1. The molecule has 3 N–H and O–H groups in total. The fraction of sp³-hybridized carbons (Fsp3) is 0.231. The number of amidine groups is 1. The van der Waals surface area contributed by atoms with E-state index in [1.54, 1.807) is 42.5 Å². The first-order valence-electron chi connectivity index (χ1n) is 11.0. The van der Waals surface area contributed by atoms with Crippen LogP contribution in [0.5, 0.6) is 0 Å². The minimum atomic E-state index is -1.16. The fourth-order valence-corrected chi connectivity index (χ4v) is 4.07. The van der Waals surface area contributed by atoms with Gasteiger partial charge in [0, 0.05) is 23.4 Å². The summed E-state index contributed by atoms with van der Waals surface area (Å²) >= 11 is 6.45. The first kappa shape index (κ1) is 25.7. The van der Waals surface area contributed by atoms with Crippen molar-refractivity contribution in [3.8, 4) is 0 Å². The molecule has 0 aliphatic carbocycles. The number of methoxy groups -OCH3 is 1. The Hall–Kier alpha value is -3.91. The molecule has 1 amide bonds. The number of amides is 1. The second-order valence-corrected chi connectivity index (χ2v) is 8.30. The van der Waals surface area contributed by atoms with Crippen molar-refractivity contribution >= 4 is 35.3 Å². The lowest BCUT2D eigenvalue weighted by molar-refractivity contribution is 0.0692. The third kappa shape index (κ3) is 5.96. The third-order valence-corrected chi connectivity index (χ3v) is 5.82. The standard InChI is InChI=1S/C26H26ClN3O5/c1-3-4-7-18-14-21(27)22(24(28)29-26(34)35-2)30(18)15-16-10-12-17(13-11-16)23(31)19-8-5-6-9-20(19)25(32)33/h5-6,8-14H,3-4,7,15H2,1-2H3,(H,32,33)(H2,28,29,34). The summed E-state index contributed by atoms with van der Waals surface area (Å²) in [7, 11) is 1.22. The van der Waals surface area contributed by atoms with E-state index in [0.717, 1.165) is 30.5 Å². The molecule has 0 bridgehead atoms. The highest BCUT2D eigenvalue weighted by molar-refractivity contribution is 6.34. The van der Waals surface area contributed by atoms with Gasteiger partial charge >= 0.3 is 12.1 Å². The number of carbonyl (C=O) groups is 3. The molecule has 1 aromatic heterocycles. The number of carbonyl (C=O) groups excluding carboxylic acids is 2. The van der Waals surface area contributed by atoms with Crippen molar-refractivity contribution in [2.24, 2.45) is 0 Å².